The van der Waals surface area contributed by atoms with E-state index >= 15 is 0 Å². The zero-order valence-corrected chi connectivity index (χ0v) is 10.6. The summed E-state index contributed by atoms with van der Waals surface area (Å²) in [4.78, 5) is 3.25. The molecule has 0 amide bonds. The number of aromatic amines is 1. The summed E-state index contributed by atoms with van der Waals surface area (Å²) in [5, 5.41) is 12.5. The molecule has 0 aliphatic carbocycles. The average molecular weight is 224 g/mol. The number of aliphatic hydroxyl groups excluding tert-OH is 1. The average Bonchev–Trinajstić information content (AvgIpc) is 2.78. The van der Waals surface area contributed by atoms with E-state index in [0.717, 1.165) is 19.5 Å². The standard InChI is InChI=1S/C13H24N2O/c1-4-11(9-16)8-14-10-13(2,3)12-6-5-7-15-12/h5-7,11,14-16H,4,8-10H2,1-3H3. The molecule has 1 aromatic heterocycles. The molecule has 16 heavy (non-hydrogen) atoms. The highest BCUT2D eigenvalue weighted by Gasteiger charge is 2.21. The van der Waals surface area contributed by atoms with Gasteiger partial charge in [0.15, 0.2) is 0 Å². The first-order valence-corrected chi connectivity index (χ1v) is 6.05. The van der Waals surface area contributed by atoms with E-state index in [4.69, 9.17) is 5.11 Å². The molecule has 3 N–H and O–H groups in total. The summed E-state index contributed by atoms with van der Waals surface area (Å²) in [6, 6.07) is 4.14. The van der Waals surface area contributed by atoms with Gasteiger partial charge >= 0.3 is 0 Å². The molecule has 0 bridgehead atoms. The number of nitrogens with one attached hydrogen (secondary N) is 2. The van der Waals surface area contributed by atoms with Crippen molar-refractivity contribution in [3.8, 4) is 0 Å². The summed E-state index contributed by atoms with van der Waals surface area (Å²) in [6.45, 7) is 8.61. The minimum absolute atomic E-state index is 0.108. The van der Waals surface area contributed by atoms with Crippen LogP contribution in [-0.2, 0) is 5.41 Å². The van der Waals surface area contributed by atoms with Crippen LogP contribution in [0.5, 0.6) is 0 Å². The maximum absolute atomic E-state index is 9.09. The Balaban J connectivity index is 2.37. The van der Waals surface area contributed by atoms with Crippen molar-refractivity contribution in [1.29, 1.82) is 0 Å². The summed E-state index contributed by atoms with van der Waals surface area (Å²) in [5.74, 6) is 0.374. The van der Waals surface area contributed by atoms with Crippen molar-refractivity contribution in [2.75, 3.05) is 19.7 Å². The van der Waals surface area contributed by atoms with Crippen LogP contribution >= 0.6 is 0 Å². The first kappa shape index (κ1) is 13.3. The van der Waals surface area contributed by atoms with E-state index < -0.39 is 0 Å². The monoisotopic (exact) mass is 224 g/mol. The number of aliphatic hydroxyl groups is 1. The number of hydrogen-bond donors (Lipinski definition) is 3. The molecule has 0 saturated carbocycles. The topological polar surface area (TPSA) is 48.0 Å². The summed E-state index contributed by atoms with van der Waals surface area (Å²) >= 11 is 0. The van der Waals surface area contributed by atoms with Crippen molar-refractivity contribution >= 4 is 0 Å². The number of aromatic nitrogens is 1. The highest BCUT2D eigenvalue weighted by molar-refractivity contribution is 5.15. The van der Waals surface area contributed by atoms with Gasteiger partial charge in [0.05, 0.1) is 0 Å². The Kier molecular flexibility index (Phi) is 5.03. The molecule has 1 unspecified atom stereocenters. The van der Waals surface area contributed by atoms with Gasteiger partial charge in [-0.05, 0) is 24.5 Å². The van der Waals surface area contributed by atoms with Crippen LogP contribution in [0.2, 0.25) is 0 Å². The summed E-state index contributed by atoms with van der Waals surface area (Å²) in [6.07, 6.45) is 2.98. The van der Waals surface area contributed by atoms with Crippen LogP contribution in [0.1, 0.15) is 32.9 Å². The molecule has 1 atom stereocenters. The SMILES string of the molecule is CCC(CO)CNCC(C)(C)c1ccc[nH]1. The van der Waals surface area contributed by atoms with E-state index in [1.54, 1.807) is 0 Å². The van der Waals surface area contributed by atoms with Gasteiger partial charge in [0, 0.05) is 37.0 Å². The number of H-pyrrole nitrogens is 1. The van der Waals surface area contributed by atoms with Crippen molar-refractivity contribution in [2.24, 2.45) is 5.92 Å². The predicted octanol–water partition coefficient (Wildman–Crippen LogP) is 1.90. The van der Waals surface area contributed by atoms with Gasteiger partial charge < -0.3 is 15.4 Å². The fourth-order valence-corrected chi connectivity index (χ4v) is 1.77. The molecule has 1 rings (SSSR count). The van der Waals surface area contributed by atoms with Crippen molar-refractivity contribution in [2.45, 2.75) is 32.6 Å². The van der Waals surface area contributed by atoms with Crippen molar-refractivity contribution in [3.05, 3.63) is 24.0 Å². The Bertz CT molecular complexity index is 276. The molecule has 0 radical (unpaired) electrons. The van der Waals surface area contributed by atoms with Gasteiger partial charge in [-0.2, -0.15) is 0 Å². The van der Waals surface area contributed by atoms with Crippen molar-refractivity contribution < 1.29 is 5.11 Å². The van der Waals surface area contributed by atoms with Crippen LogP contribution in [0.15, 0.2) is 18.3 Å². The van der Waals surface area contributed by atoms with Gasteiger partial charge in [-0.1, -0.05) is 20.8 Å². The van der Waals surface area contributed by atoms with Crippen molar-refractivity contribution in [1.82, 2.24) is 10.3 Å². The van der Waals surface area contributed by atoms with E-state index in [1.807, 2.05) is 12.3 Å². The summed E-state index contributed by atoms with van der Waals surface area (Å²) in [5.41, 5.74) is 1.36. The molecule has 92 valence electrons. The molecule has 0 fully saturated rings. The van der Waals surface area contributed by atoms with Crippen molar-refractivity contribution in [3.63, 3.8) is 0 Å². The Hall–Kier alpha value is -0.800. The lowest BCUT2D eigenvalue weighted by molar-refractivity contribution is 0.216. The molecule has 1 heterocycles. The van der Waals surface area contributed by atoms with Gasteiger partial charge in [-0.25, -0.2) is 0 Å². The number of rotatable bonds is 7. The molecule has 0 aliphatic heterocycles. The molecule has 0 spiro atoms. The Morgan fingerprint density at radius 1 is 1.50 bits per heavy atom. The zero-order chi connectivity index (χ0) is 12.0. The van der Waals surface area contributed by atoms with Crippen LogP contribution in [-0.4, -0.2) is 29.8 Å². The predicted molar refractivity (Wildman–Crippen MR) is 67.6 cm³/mol. The van der Waals surface area contributed by atoms with Crippen LogP contribution in [0.25, 0.3) is 0 Å². The van der Waals surface area contributed by atoms with Gasteiger partial charge in [0.25, 0.3) is 0 Å². The lowest BCUT2D eigenvalue weighted by atomic mass is 9.89. The van der Waals surface area contributed by atoms with E-state index in [0.29, 0.717) is 5.92 Å². The van der Waals surface area contributed by atoms with Gasteiger partial charge in [-0.3, -0.25) is 0 Å². The minimum Gasteiger partial charge on any atom is -0.396 e. The fourth-order valence-electron chi connectivity index (χ4n) is 1.77. The van der Waals surface area contributed by atoms with Gasteiger partial charge in [0.2, 0.25) is 0 Å². The maximum Gasteiger partial charge on any atom is 0.0471 e. The molecule has 0 aliphatic rings. The maximum atomic E-state index is 9.09. The second-order valence-electron chi connectivity index (χ2n) is 5.06. The van der Waals surface area contributed by atoms with Crippen LogP contribution in [0, 0.1) is 5.92 Å². The Labute approximate surface area is 98.3 Å². The largest absolute Gasteiger partial charge is 0.396 e. The Morgan fingerprint density at radius 2 is 2.25 bits per heavy atom. The first-order valence-electron chi connectivity index (χ1n) is 6.05. The quantitative estimate of drug-likeness (QED) is 0.662. The molecule has 3 heteroatoms. The highest BCUT2D eigenvalue weighted by Crippen LogP contribution is 2.20. The van der Waals surface area contributed by atoms with Gasteiger partial charge in [0.1, 0.15) is 0 Å². The lowest BCUT2D eigenvalue weighted by Crippen LogP contribution is -2.36. The molecule has 1 aromatic rings. The molecular formula is C13H24N2O. The third kappa shape index (κ3) is 3.65. The number of hydrogen-bond acceptors (Lipinski definition) is 2. The zero-order valence-electron chi connectivity index (χ0n) is 10.6. The Morgan fingerprint density at radius 3 is 2.75 bits per heavy atom. The van der Waals surface area contributed by atoms with E-state index in [1.165, 1.54) is 5.69 Å². The minimum atomic E-state index is 0.108. The smallest absolute Gasteiger partial charge is 0.0471 e. The molecule has 0 saturated heterocycles. The molecule has 3 nitrogen and oxygen atoms in total. The fraction of sp³-hybridized carbons (Fsp3) is 0.692. The third-order valence-electron chi connectivity index (χ3n) is 3.16. The van der Waals surface area contributed by atoms with E-state index in [2.05, 4.69) is 37.1 Å². The van der Waals surface area contributed by atoms with E-state index in [9.17, 15) is 0 Å². The normalized spacial score (nSPS) is 14.0. The summed E-state index contributed by atoms with van der Waals surface area (Å²) in [7, 11) is 0. The lowest BCUT2D eigenvalue weighted by Gasteiger charge is -2.25. The van der Waals surface area contributed by atoms with Crippen LogP contribution in [0.4, 0.5) is 0 Å². The van der Waals surface area contributed by atoms with Crippen LogP contribution < -0.4 is 5.32 Å². The molecular weight excluding hydrogens is 200 g/mol. The third-order valence-corrected chi connectivity index (χ3v) is 3.16. The van der Waals surface area contributed by atoms with Crippen LogP contribution in [0.3, 0.4) is 0 Å². The van der Waals surface area contributed by atoms with E-state index in [-0.39, 0.29) is 12.0 Å². The second kappa shape index (κ2) is 6.06. The van der Waals surface area contributed by atoms with Gasteiger partial charge in [-0.15, -0.1) is 0 Å². The first-order chi connectivity index (χ1) is 7.60. The summed E-state index contributed by atoms with van der Waals surface area (Å²) < 4.78 is 0. The molecule has 0 aromatic carbocycles. The second-order valence-corrected chi connectivity index (χ2v) is 5.06. The highest BCUT2D eigenvalue weighted by atomic mass is 16.3.